The van der Waals surface area contributed by atoms with E-state index in [1.807, 2.05) is 0 Å². The second-order valence-corrected chi connectivity index (χ2v) is 2.25. The molecule has 0 spiro atoms. The van der Waals surface area contributed by atoms with Crippen molar-refractivity contribution in [1.82, 2.24) is 0 Å². The summed E-state index contributed by atoms with van der Waals surface area (Å²) in [6.45, 7) is 0. The Labute approximate surface area is 120 Å². The first-order chi connectivity index (χ1) is 5.20. The van der Waals surface area contributed by atoms with Crippen LogP contribution in [-0.4, -0.2) is 78.0 Å². The molecule has 0 aliphatic rings. The van der Waals surface area contributed by atoms with Gasteiger partial charge >= 0.3 is 39.6 Å². The van der Waals surface area contributed by atoms with Crippen LogP contribution in [0.1, 0.15) is 0 Å². The van der Waals surface area contributed by atoms with Gasteiger partial charge in [-0.15, -0.1) is 0 Å². The van der Waals surface area contributed by atoms with E-state index in [0.29, 0.717) is 0 Å². The molecule has 0 rings (SSSR count). The Balaban J connectivity index is -0.0000000135. The number of hydrogen-bond donors (Lipinski definition) is 0. The quantitative estimate of drug-likeness (QED) is 0.347. The van der Waals surface area contributed by atoms with Gasteiger partial charge in [0.1, 0.15) is 0 Å². The molecule has 0 unspecified atom stereocenters. The topological polar surface area (TPSA) is 253 Å². The molecule has 0 saturated heterocycles. The summed E-state index contributed by atoms with van der Waals surface area (Å²) in [6.07, 6.45) is 0. The summed E-state index contributed by atoms with van der Waals surface area (Å²) in [5, 5.41) is 0. The van der Waals surface area contributed by atoms with Crippen molar-refractivity contribution in [2.75, 3.05) is 0 Å². The van der Waals surface area contributed by atoms with Crippen LogP contribution in [0.3, 0.4) is 0 Å². The first-order valence-electron chi connectivity index (χ1n) is 1.84. The van der Waals surface area contributed by atoms with Crippen LogP contribution in [0, 0.1) is 0 Å². The van der Waals surface area contributed by atoms with Gasteiger partial charge in [-0.05, 0) is 0 Å². The monoisotopic (exact) mass is 402 g/mol. The molecule has 0 radical (unpaired) electrons. The van der Waals surface area contributed by atoms with Gasteiger partial charge in [0, 0.05) is 27.5 Å². The molecule has 0 fully saturated rings. The molecule has 4 N–H and O–H groups in total. The molecule has 88 valence electrons. The fraction of sp³-hybridized carbons (Fsp3) is 0. The Bertz CT molecular complexity index is 117. The van der Waals surface area contributed by atoms with Crippen LogP contribution >= 0.6 is 0 Å². The van der Waals surface area contributed by atoms with E-state index < -0.39 is 27.5 Å². The van der Waals surface area contributed by atoms with E-state index >= 15 is 0 Å². The average molecular weight is 404 g/mol. The van der Waals surface area contributed by atoms with Crippen LogP contribution in [0.15, 0.2) is 0 Å². The van der Waals surface area contributed by atoms with Crippen molar-refractivity contribution in [2.24, 2.45) is 0 Å². The van der Waals surface area contributed by atoms with Gasteiger partial charge in [0.05, 0.1) is 0 Å². The summed E-state index contributed by atoms with van der Waals surface area (Å²) in [4.78, 5) is 51.1. The average Bonchev–Trinajstić information content (AvgIpc) is 1.54. The Kier molecular flexibility index (Phi) is 101. The van der Waals surface area contributed by atoms with E-state index in [1.165, 1.54) is 0 Å². The summed E-state index contributed by atoms with van der Waals surface area (Å²) in [5.74, 6) is 0. The van der Waals surface area contributed by atoms with E-state index in [4.69, 9.17) is 42.2 Å². The predicted octanol–water partition coefficient (Wildman–Crippen LogP) is -11.0. The fourth-order valence-electron chi connectivity index (χ4n) is 0. The second-order valence-electron chi connectivity index (χ2n) is 0.750. The minimum Gasteiger partial charge on any atom is -0.672 e. The van der Waals surface area contributed by atoms with Crippen LogP contribution in [0.25, 0.3) is 0 Å². The summed E-state index contributed by atoms with van der Waals surface area (Å²) in [6, 6.07) is 0. The maximum atomic E-state index is 8.52. The summed E-state index contributed by atoms with van der Waals surface area (Å²) in [5.41, 5.74) is 0. The minimum atomic E-state index is -3.63. The van der Waals surface area contributed by atoms with Gasteiger partial charge in [-0.1, -0.05) is 0 Å². The van der Waals surface area contributed by atoms with Crippen molar-refractivity contribution < 1.29 is 53.1 Å². The van der Waals surface area contributed by atoms with Crippen molar-refractivity contribution in [3.05, 3.63) is 0 Å². The first kappa shape index (κ1) is 44.4. The molecule has 0 aromatic rings. The summed E-state index contributed by atoms with van der Waals surface area (Å²) < 4.78 is 25.6. The minimum absolute atomic E-state index is 0. The van der Waals surface area contributed by atoms with Crippen LogP contribution in [0.5, 0.6) is 0 Å². The van der Waals surface area contributed by atoms with Crippen molar-refractivity contribution in [3.8, 4) is 0 Å². The molecular weight excluding hydrogens is 400 g/mol. The molecule has 0 atom stereocenters. The molecule has 0 aliphatic heterocycles. The van der Waals surface area contributed by atoms with Gasteiger partial charge in [0.25, 0.3) is 0 Å². The Morgan fingerprint density at radius 2 is 0.500 bits per heavy atom. The van der Waals surface area contributed by atoms with E-state index in [-0.39, 0.29) is 50.5 Å². The molecule has 0 aliphatic carbocycles. The summed E-state index contributed by atoms with van der Waals surface area (Å²) in [7, 11) is -10.9. The molecule has 0 heterocycles. The Hall–Kier alpha value is 0.0434. The third kappa shape index (κ3) is 1270000. The number of rotatable bonds is 0. The van der Waals surface area contributed by atoms with Crippen LogP contribution < -0.4 is 28.8 Å². The smallest absolute Gasteiger partial charge is 0.672 e. The van der Waals surface area contributed by atoms with Gasteiger partial charge in [0.15, 0.2) is 0 Å². The SMILES string of the molecule is O.O.O=[Si]([O-])[O-].O=[Si]([O-])[O-].O=[Si]([O-])[O-].[Ga+3].[Ga+3]. The Morgan fingerprint density at radius 3 is 0.500 bits per heavy atom. The van der Waals surface area contributed by atoms with Crippen molar-refractivity contribution >= 4 is 67.1 Å². The van der Waals surface area contributed by atoms with Crippen molar-refractivity contribution in [2.45, 2.75) is 0 Å². The van der Waals surface area contributed by atoms with Gasteiger partial charge in [0.2, 0.25) is 0 Å². The zero-order chi connectivity index (χ0) is 10.7. The van der Waals surface area contributed by atoms with Crippen LogP contribution in [-0.2, 0) is 13.4 Å². The van der Waals surface area contributed by atoms with Crippen molar-refractivity contribution in [1.29, 1.82) is 0 Å². The normalized spacial score (nSPS) is 4.50. The summed E-state index contributed by atoms with van der Waals surface area (Å²) >= 11 is 0. The zero-order valence-corrected chi connectivity index (χ0v) is 15.2. The second kappa shape index (κ2) is 36.3. The third-order valence-electron chi connectivity index (χ3n) is 0. The molecule has 0 bridgehead atoms. The third-order valence-corrected chi connectivity index (χ3v) is 0. The Morgan fingerprint density at radius 1 is 0.500 bits per heavy atom. The predicted molar refractivity (Wildman–Crippen MR) is 38.1 cm³/mol. The maximum absolute atomic E-state index is 8.52. The van der Waals surface area contributed by atoms with Crippen LogP contribution in [0.4, 0.5) is 0 Å². The molecule has 0 aromatic heterocycles. The van der Waals surface area contributed by atoms with Gasteiger partial charge < -0.3 is 53.1 Å². The maximum Gasteiger partial charge on any atom is 3.00 e. The van der Waals surface area contributed by atoms with Gasteiger partial charge in [-0.25, -0.2) is 0 Å². The van der Waals surface area contributed by atoms with E-state index in [0.717, 1.165) is 0 Å². The van der Waals surface area contributed by atoms with Crippen LogP contribution in [0.2, 0.25) is 0 Å². The van der Waals surface area contributed by atoms with E-state index in [9.17, 15) is 0 Å². The van der Waals surface area contributed by atoms with Gasteiger partial charge in [-0.3, -0.25) is 0 Å². The number of hydrogen-bond acceptors (Lipinski definition) is 9. The molecule has 16 heavy (non-hydrogen) atoms. The standard InChI is InChI=1S/2Ga.3O3Si.2H2O/c;;3*1-4(2)3;;/h;;;;;2*1H2/q2*+3;3*-2;;. The molecule has 0 saturated carbocycles. The molecule has 0 amide bonds. The van der Waals surface area contributed by atoms with Gasteiger partial charge in [-0.2, -0.15) is 0 Å². The molecule has 0 aromatic carbocycles. The molecular formula is H4Ga2O11Si3. The zero-order valence-electron chi connectivity index (χ0n) is 7.33. The van der Waals surface area contributed by atoms with Crippen molar-refractivity contribution in [3.63, 3.8) is 0 Å². The first-order valence-corrected chi connectivity index (χ1v) is 5.51. The molecule has 16 heteroatoms. The van der Waals surface area contributed by atoms with E-state index in [2.05, 4.69) is 0 Å². The van der Waals surface area contributed by atoms with E-state index in [1.54, 1.807) is 0 Å². The molecule has 11 nitrogen and oxygen atoms in total. The fourth-order valence-corrected chi connectivity index (χ4v) is 0. The largest absolute Gasteiger partial charge is 3.00 e.